The number of ether oxygens (including phenoxy) is 1. The van der Waals surface area contributed by atoms with Crippen LogP contribution in [0.25, 0.3) is 22.4 Å². The number of halogens is 2. The van der Waals surface area contributed by atoms with Gasteiger partial charge < -0.3 is 4.74 Å². The number of unbranched alkanes of at least 4 members (excludes halogenated alkanes) is 2. The standard InChI is InChI=1S/C26H26F2N2O3/c1-3-4-5-6-18-13-21(19-10-7-17(8-11-19)9-12-24(31)30-32)25(29-16-18)20-14-22(27)26(33-2)23(28)15-20/h7-8,10-11,13-16H,3-6,9,12H2,1-2H3. The SMILES string of the molecule is CCCCCc1cnc(-c2cc(F)c(OC)c(F)c2)c(-c2ccc(CCC(=O)N=O)cc2)c1. The van der Waals surface area contributed by atoms with Crippen LogP contribution in [0.15, 0.2) is 53.8 Å². The van der Waals surface area contributed by atoms with Gasteiger partial charge in [0.05, 0.1) is 12.8 Å². The lowest BCUT2D eigenvalue weighted by Crippen LogP contribution is -1.98. The summed E-state index contributed by atoms with van der Waals surface area (Å²) in [7, 11) is 1.22. The maximum Gasteiger partial charge on any atom is 0.286 e. The van der Waals surface area contributed by atoms with Crippen molar-refractivity contribution in [1.29, 1.82) is 0 Å². The van der Waals surface area contributed by atoms with Crippen molar-refractivity contribution in [2.45, 2.75) is 45.4 Å². The Kier molecular flexibility index (Phi) is 8.35. The second-order valence-electron chi connectivity index (χ2n) is 7.85. The van der Waals surface area contributed by atoms with E-state index in [1.807, 2.05) is 30.3 Å². The minimum absolute atomic E-state index is 0.0486. The number of aromatic nitrogens is 1. The molecule has 3 rings (SSSR count). The molecular formula is C26H26F2N2O3. The van der Waals surface area contributed by atoms with Crippen molar-refractivity contribution in [1.82, 2.24) is 4.98 Å². The van der Waals surface area contributed by atoms with Crippen molar-refractivity contribution in [3.8, 4) is 28.1 Å². The molecule has 0 N–H and O–H groups in total. The Hall–Kier alpha value is -3.48. The number of nitroso groups, excluding NO2 is 1. The van der Waals surface area contributed by atoms with Gasteiger partial charge in [-0.2, -0.15) is 0 Å². The second kappa shape index (κ2) is 11.4. The van der Waals surface area contributed by atoms with E-state index in [2.05, 4.69) is 17.1 Å². The molecule has 7 heteroatoms. The largest absolute Gasteiger partial charge is 0.491 e. The monoisotopic (exact) mass is 452 g/mol. The zero-order valence-electron chi connectivity index (χ0n) is 18.7. The molecule has 1 amide bonds. The third-order valence-electron chi connectivity index (χ3n) is 5.48. The van der Waals surface area contributed by atoms with Gasteiger partial charge in [-0.1, -0.05) is 44.0 Å². The minimum Gasteiger partial charge on any atom is -0.491 e. The molecule has 33 heavy (non-hydrogen) atoms. The quantitative estimate of drug-likeness (QED) is 0.255. The molecule has 0 unspecified atom stereocenters. The summed E-state index contributed by atoms with van der Waals surface area (Å²) in [5, 5.41) is 2.41. The van der Waals surface area contributed by atoms with Gasteiger partial charge >= 0.3 is 0 Å². The van der Waals surface area contributed by atoms with E-state index in [9.17, 15) is 18.5 Å². The first-order valence-electron chi connectivity index (χ1n) is 10.9. The van der Waals surface area contributed by atoms with Crippen molar-refractivity contribution < 1.29 is 18.3 Å². The van der Waals surface area contributed by atoms with Crippen LogP contribution in [0.1, 0.15) is 43.7 Å². The van der Waals surface area contributed by atoms with Crippen molar-refractivity contribution in [3.05, 3.63) is 76.3 Å². The Morgan fingerprint density at radius 2 is 1.67 bits per heavy atom. The molecule has 0 saturated carbocycles. The molecule has 0 spiro atoms. The van der Waals surface area contributed by atoms with Crippen LogP contribution in [0.5, 0.6) is 5.75 Å². The van der Waals surface area contributed by atoms with E-state index in [1.54, 1.807) is 6.20 Å². The zero-order chi connectivity index (χ0) is 23.8. The molecule has 0 atom stereocenters. The maximum atomic E-state index is 14.4. The van der Waals surface area contributed by atoms with E-state index < -0.39 is 23.3 Å². The lowest BCUT2D eigenvalue weighted by atomic mass is 9.95. The van der Waals surface area contributed by atoms with Crippen LogP contribution in [-0.2, 0) is 17.6 Å². The number of benzene rings is 2. The molecule has 3 aromatic rings. The molecule has 0 aliphatic rings. The van der Waals surface area contributed by atoms with Crippen LogP contribution < -0.4 is 4.74 Å². The van der Waals surface area contributed by atoms with Gasteiger partial charge in [-0.15, -0.1) is 4.91 Å². The van der Waals surface area contributed by atoms with Gasteiger partial charge in [-0.05, 0) is 54.2 Å². The van der Waals surface area contributed by atoms with E-state index >= 15 is 0 Å². The molecular weight excluding hydrogens is 426 g/mol. The molecule has 0 saturated heterocycles. The van der Waals surface area contributed by atoms with E-state index in [4.69, 9.17) is 4.74 Å². The van der Waals surface area contributed by atoms with Crippen LogP contribution in [0.2, 0.25) is 0 Å². The average Bonchev–Trinajstić information content (AvgIpc) is 2.82. The fourth-order valence-electron chi connectivity index (χ4n) is 3.71. The molecule has 0 aliphatic heterocycles. The summed E-state index contributed by atoms with van der Waals surface area (Å²) in [4.78, 5) is 26.0. The Morgan fingerprint density at radius 3 is 2.27 bits per heavy atom. The number of hydrogen-bond acceptors (Lipinski definition) is 4. The van der Waals surface area contributed by atoms with Gasteiger partial charge in [0, 0.05) is 28.9 Å². The molecule has 1 heterocycles. The van der Waals surface area contributed by atoms with Crippen LogP contribution in [-0.4, -0.2) is 18.0 Å². The molecule has 0 aliphatic carbocycles. The van der Waals surface area contributed by atoms with Crippen molar-refractivity contribution in [2.75, 3.05) is 7.11 Å². The number of carbonyl (C=O) groups is 1. The predicted molar refractivity (Wildman–Crippen MR) is 124 cm³/mol. The van der Waals surface area contributed by atoms with E-state index in [0.29, 0.717) is 17.7 Å². The minimum atomic E-state index is -0.795. The fourth-order valence-corrected chi connectivity index (χ4v) is 3.71. The van der Waals surface area contributed by atoms with E-state index in [0.717, 1.165) is 47.9 Å². The molecule has 0 fully saturated rings. The number of methoxy groups -OCH3 is 1. The summed E-state index contributed by atoms with van der Waals surface area (Å²) in [5.41, 5.74) is 4.28. The van der Waals surface area contributed by atoms with Crippen molar-refractivity contribution in [3.63, 3.8) is 0 Å². The molecule has 1 aromatic heterocycles. The van der Waals surface area contributed by atoms with Crippen LogP contribution in [0, 0.1) is 16.5 Å². The Morgan fingerprint density at radius 1 is 0.970 bits per heavy atom. The van der Waals surface area contributed by atoms with Gasteiger partial charge in [-0.25, -0.2) is 8.78 Å². The van der Waals surface area contributed by atoms with Crippen LogP contribution >= 0.6 is 0 Å². The van der Waals surface area contributed by atoms with Crippen molar-refractivity contribution >= 4 is 5.91 Å². The highest BCUT2D eigenvalue weighted by molar-refractivity contribution is 5.81. The smallest absolute Gasteiger partial charge is 0.286 e. The first kappa shape index (κ1) is 24.2. The number of aryl methyl sites for hydroxylation is 2. The molecule has 0 radical (unpaired) electrons. The zero-order valence-corrected chi connectivity index (χ0v) is 18.7. The Bertz CT molecular complexity index is 1110. The number of hydrogen-bond donors (Lipinski definition) is 0. The van der Waals surface area contributed by atoms with E-state index in [1.165, 1.54) is 19.2 Å². The van der Waals surface area contributed by atoms with Gasteiger partial charge in [0.2, 0.25) is 0 Å². The summed E-state index contributed by atoms with van der Waals surface area (Å²) >= 11 is 0. The molecule has 5 nitrogen and oxygen atoms in total. The number of carbonyl (C=O) groups excluding carboxylic acids is 1. The first-order valence-corrected chi connectivity index (χ1v) is 10.9. The fraction of sp³-hybridized carbons (Fsp3) is 0.308. The Labute approximate surface area is 191 Å². The van der Waals surface area contributed by atoms with Gasteiger partial charge in [0.1, 0.15) is 0 Å². The van der Waals surface area contributed by atoms with Crippen LogP contribution in [0.4, 0.5) is 8.78 Å². The average molecular weight is 453 g/mol. The highest BCUT2D eigenvalue weighted by Gasteiger charge is 2.17. The number of rotatable bonds is 10. The summed E-state index contributed by atoms with van der Waals surface area (Å²) < 4.78 is 33.6. The molecule has 2 aromatic carbocycles. The highest BCUT2D eigenvalue weighted by Crippen LogP contribution is 2.35. The van der Waals surface area contributed by atoms with Gasteiger partial charge in [0.15, 0.2) is 17.4 Å². The lowest BCUT2D eigenvalue weighted by Gasteiger charge is -2.14. The van der Waals surface area contributed by atoms with Gasteiger partial charge in [-0.3, -0.25) is 9.78 Å². The number of pyridine rings is 1. The van der Waals surface area contributed by atoms with Crippen molar-refractivity contribution in [2.24, 2.45) is 5.18 Å². The third-order valence-corrected chi connectivity index (χ3v) is 5.48. The Balaban J connectivity index is 2.01. The summed E-state index contributed by atoms with van der Waals surface area (Å²) in [5.74, 6) is -2.71. The number of amides is 1. The highest BCUT2D eigenvalue weighted by atomic mass is 19.1. The normalized spacial score (nSPS) is 10.8. The maximum absolute atomic E-state index is 14.4. The summed E-state index contributed by atoms with van der Waals surface area (Å²) in [6, 6.07) is 11.9. The second-order valence-corrected chi connectivity index (χ2v) is 7.85. The summed E-state index contributed by atoms with van der Waals surface area (Å²) in [6.07, 6.45) is 6.30. The molecule has 172 valence electrons. The predicted octanol–water partition coefficient (Wildman–Crippen LogP) is 6.66. The van der Waals surface area contributed by atoms with Crippen LogP contribution in [0.3, 0.4) is 0 Å². The lowest BCUT2D eigenvalue weighted by molar-refractivity contribution is -0.117. The first-order chi connectivity index (χ1) is 16.0. The topological polar surface area (TPSA) is 68.6 Å². The summed E-state index contributed by atoms with van der Waals surface area (Å²) in [6.45, 7) is 2.14. The number of nitrogens with zero attached hydrogens (tertiary/aromatic N) is 2. The molecule has 0 bridgehead atoms. The third kappa shape index (κ3) is 6.06. The van der Waals surface area contributed by atoms with E-state index in [-0.39, 0.29) is 6.42 Å². The van der Waals surface area contributed by atoms with Gasteiger partial charge in [0.25, 0.3) is 5.91 Å².